The summed E-state index contributed by atoms with van der Waals surface area (Å²) in [7, 11) is 1.48. The van der Waals surface area contributed by atoms with E-state index in [0.29, 0.717) is 27.5 Å². The quantitative estimate of drug-likeness (QED) is 0.633. The van der Waals surface area contributed by atoms with Crippen molar-refractivity contribution in [3.05, 3.63) is 59.4 Å². The molecule has 1 amide bonds. The molecule has 0 radical (unpaired) electrons. The SMILES string of the molecule is CCC(OC(=O)c1cnc2ccccc2n1)C(=O)Nc1cc(Cl)ccc1OC. The third-order valence-electron chi connectivity index (χ3n) is 3.99. The van der Waals surface area contributed by atoms with Crippen molar-refractivity contribution >= 4 is 40.2 Å². The molecular formula is C20H18ClN3O4. The van der Waals surface area contributed by atoms with Crippen LogP contribution in [-0.2, 0) is 9.53 Å². The van der Waals surface area contributed by atoms with E-state index in [-0.39, 0.29) is 12.1 Å². The average molecular weight is 400 g/mol. The Balaban J connectivity index is 1.74. The Morgan fingerprint density at radius 2 is 1.93 bits per heavy atom. The second kappa shape index (κ2) is 8.67. The van der Waals surface area contributed by atoms with E-state index in [9.17, 15) is 9.59 Å². The highest BCUT2D eigenvalue weighted by molar-refractivity contribution is 6.31. The maximum atomic E-state index is 12.6. The Morgan fingerprint density at radius 3 is 2.64 bits per heavy atom. The van der Waals surface area contributed by atoms with Gasteiger partial charge in [0.15, 0.2) is 11.8 Å². The van der Waals surface area contributed by atoms with Gasteiger partial charge in [0.1, 0.15) is 5.75 Å². The van der Waals surface area contributed by atoms with Crippen LogP contribution in [-0.4, -0.2) is 35.1 Å². The maximum Gasteiger partial charge on any atom is 0.359 e. The van der Waals surface area contributed by atoms with Gasteiger partial charge in [0, 0.05) is 5.02 Å². The number of rotatable bonds is 6. The van der Waals surface area contributed by atoms with Crippen molar-refractivity contribution in [2.45, 2.75) is 19.4 Å². The number of nitrogens with one attached hydrogen (secondary N) is 1. The fourth-order valence-corrected chi connectivity index (χ4v) is 2.73. The zero-order valence-corrected chi connectivity index (χ0v) is 16.1. The summed E-state index contributed by atoms with van der Waals surface area (Å²) in [5, 5.41) is 3.12. The van der Waals surface area contributed by atoms with E-state index in [1.165, 1.54) is 13.3 Å². The maximum absolute atomic E-state index is 12.6. The molecule has 0 saturated carbocycles. The number of anilines is 1. The third kappa shape index (κ3) is 4.37. The Hall–Kier alpha value is -3.19. The van der Waals surface area contributed by atoms with E-state index in [0.717, 1.165) is 0 Å². The molecule has 0 spiro atoms. The van der Waals surface area contributed by atoms with Crippen LogP contribution in [0.25, 0.3) is 11.0 Å². The number of carbonyl (C=O) groups excluding carboxylic acids is 2. The van der Waals surface area contributed by atoms with Gasteiger partial charge in [-0.25, -0.2) is 9.78 Å². The second-order valence-electron chi connectivity index (χ2n) is 5.88. The van der Waals surface area contributed by atoms with Crippen LogP contribution >= 0.6 is 11.6 Å². The fourth-order valence-electron chi connectivity index (χ4n) is 2.56. The summed E-state index contributed by atoms with van der Waals surface area (Å²) in [5.41, 5.74) is 1.65. The summed E-state index contributed by atoms with van der Waals surface area (Å²) in [5.74, 6) is -0.775. The van der Waals surface area contributed by atoms with Crippen LogP contribution < -0.4 is 10.1 Å². The number of fused-ring (bicyclic) bond motifs is 1. The molecule has 2 aromatic carbocycles. The van der Waals surface area contributed by atoms with Gasteiger partial charge in [-0.05, 0) is 36.8 Å². The first kappa shape index (κ1) is 19.6. The molecule has 1 atom stereocenters. The molecule has 3 rings (SSSR count). The van der Waals surface area contributed by atoms with Crippen molar-refractivity contribution in [1.82, 2.24) is 9.97 Å². The minimum absolute atomic E-state index is 0.0327. The first-order chi connectivity index (χ1) is 13.5. The highest BCUT2D eigenvalue weighted by Crippen LogP contribution is 2.28. The summed E-state index contributed by atoms with van der Waals surface area (Å²) < 4.78 is 10.6. The molecule has 0 saturated heterocycles. The number of ether oxygens (including phenoxy) is 2. The number of para-hydroxylation sites is 2. The van der Waals surface area contributed by atoms with Crippen LogP contribution in [0, 0.1) is 0 Å². The number of hydrogen-bond donors (Lipinski definition) is 1. The first-order valence-corrected chi connectivity index (χ1v) is 8.96. The van der Waals surface area contributed by atoms with E-state index in [1.54, 1.807) is 43.3 Å². The van der Waals surface area contributed by atoms with Gasteiger partial charge in [-0.15, -0.1) is 0 Å². The van der Waals surface area contributed by atoms with Gasteiger partial charge in [-0.3, -0.25) is 9.78 Å². The molecule has 0 aliphatic heterocycles. The molecule has 0 bridgehead atoms. The predicted molar refractivity (Wildman–Crippen MR) is 106 cm³/mol. The van der Waals surface area contributed by atoms with Gasteiger partial charge < -0.3 is 14.8 Å². The average Bonchev–Trinajstić information content (AvgIpc) is 2.71. The van der Waals surface area contributed by atoms with Crippen molar-refractivity contribution in [2.75, 3.05) is 12.4 Å². The lowest BCUT2D eigenvalue weighted by Gasteiger charge is -2.17. The van der Waals surface area contributed by atoms with Crippen LogP contribution in [0.2, 0.25) is 5.02 Å². The molecule has 1 N–H and O–H groups in total. The third-order valence-corrected chi connectivity index (χ3v) is 4.22. The first-order valence-electron chi connectivity index (χ1n) is 8.59. The Bertz CT molecular complexity index is 1030. The van der Waals surface area contributed by atoms with Gasteiger partial charge >= 0.3 is 5.97 Å². The van der Waals surface area contributed by atoms with Crippen LogP contribution in [0.15, 0.2) is 48.7 Å². The molecule has 1 unspecified atom stereocenters. The standard InChI is InChI=1S/C20H18ClN3O4/c1-3-17(19(25)24-15-10-12(21)8-9-18(15)27-2)28-20(26)16-11-22-13-6-4-5-7-14(13)23-16/h4-11,17H,3H2,1-2H3,(H,24,25). The summed E-state index contributed by atoms with van der Waals surface area (Å²) >= 11 is 5.98. The summed E-state index contributed by atoms with van der Waals surface area (Å²) in [6, 6.07) is 12.0. The van der Waals surface area contributed by atoms with Crippen LogP contribution in [0.4, 0.5) is 5.69 Å². The largest absolute Gasteiger partial charge is 0.495 e. The molecule has 0 fully saturated rings. The molecule has 3 aromatic rings. The van der Waals surface area contributed by atoms with E-state index < -0.39 is 18.0 Å². The van der Waals surface area contributed by atoms with Crippen LogP contribution in [0.5, 0.6) is 5.75 Å². The predicted octanol–water partition coefficient (Wildman–Crippen LogP) is 3.87. The van der Waals surface area contributed by atoms with Crippen LogP contribution in [0.1, 0.15) is 23.8 Å². The lowest BCUT2D eigenvalue weighted by Crippen LogP contribution is -2.32. The minimum atomic E-state index is -1.01. The highest BCUT2D eigenvalue weighted by atomic mass is 35.5. The Morgan fingerprint density at radius 1 is 1.18 bits per heavy atom. The lowest BCUT2D eigenvalue weighted by atomic mass is 10.2. The minimum Gasteiger partial charge on any atom is -0.495 e. The Labute approximate surface area is 166 Å². The number of halogens is 1. The van der Waals surface area contributed by atoms with Crippen molar-refractivity contribution in [2.24, 2.45) is 0 Å². The molecular weight excluding hydrogens is 382 g/mol. The van der Waals surface area contributed by atoms with Crippen molar-refractivity contribution in [3.8, 4) is 5.75 Å². The van der Waals surface area contributed by atoms with Gasteiger partial charge in [-0.2, -0.15) is 0 Å². The van der Waals surface area contributed by atoms with E-state index in [2.05, 4.69) is 15.3 Å². The Kier molecular flexibility index (Phi) is 6.06. The van der Waals surface area contributed by atoms with E-state index in [1.807, 2.05) is 6.07 Å². The molecule has 0 aliphatic rings. The van der Waals surface area contributed by atoms with Crippen LogP contribution in [0.3, 0.4) is 0 Å². The van der Waals surface area contributed by atoms with Gasteiger partial charge in [-0.1, -0.05) is 30.7 Å². The van der Waals surface area contributed by atoms with Gasteiger partial charge in [0.25, 0.3) is 5.91 Å². The van der Waals surface area contributed by atoms with Crippen molar-refractivity contribution in [1.29, 1.82) is 0 Å². The fraction of sp³-hybridized carbons (Fsp3) is 0.200. The molecule has 1 heterocycles. The molecule has 7 nitrogen and oxygen atoms in total. The summed E-state index contributed by atoms with van der Waals surface area (Å²) in [6.07, 6.45) is 0.598. The molecule has 0 aliphatic carbocycles. The second-order valence-corrected chi connectivity index (χ2v) is 6.32. The van der Waals surface area contributed by atoms with Gasteiger partial charge in [0.05, 0.1) is 30.0 Å². The molecule has 28 heavy (non-hydrogen) atoms. The summed E-state index contributed by atoms with van der Waals surface area (Å²) in [6.45, 7) is 1.73. The number of amides is 1. The van der Waals surface area contributed by atoms with E-state index >= 15 is 0 Å². The topological polar surface area (TPSA) is 90.4 Å². The number of methoxy groups -OCH3 is 1. The number of hydrogen-bond acceptors (Lipinski definition) is 6. The zero-order chi connectivity index (χ0) is 20.1. The normalized spacial score (nSPS) is 11.7. The number of benzene rings is 2. The number of esters is 1. The monoisotopic (exact) mass is 399 g/mol. The number of nitrogens with zero attached hydrogens (tertiary/aromatic N) is 2. The van der Waals surface area contributed by atoms with Gasteiger partial charge in [0.2, 0.25) is 0 Å². The van der Waals surface area contributed by atoms with E-state index in [4.69, 9.17) is 21.1 Å². The smallest absolute Gasteiger partial charge is 0.359 e. The van der Waals surface area contributed by atoms with Crippen molar-refractivity contribution < 1.29 is 19.1 Å². The molecule has 8 heteroatoms. The molecule has 144 valence electrons. The lowest BCUT2D eigenvalue weighted by molar-refractivity contribution is -0.124. The number of aromatic nitrogens is 2. The molecule has 1 aromatic heterocycles. The highest BCUT2D eigenvalue weighted by Gasteiger charge is 2.24. The zero-order valence-electron chi connectivity index (χ0n) is 15.3. The summed E-state index contributed by atoms with van der Waals surface area (Å²) in [4.78, 5) is 33.4. The number of carbonyl (C=O) groups is 2. The van der Waals surface area contributed by atoms with Crippen molar-refractivity contribution in [3.63, 3.8) is 0 Å².